The molecule has 2 aromatic rings. The third-order valence-corrected chi connectivity index (χ3v) is 3.98. The maximum Gasteiger partial charge on any atom is 0.273 e. The molecule has 1 amide bonds. The first-order valence-corrected chi connectivity index (χ1v) is 7.81. The third kappa shape index (κ3) is 4.18. The van der Waals surface area contributed by atoms with Crippen LogP contribution in [0.15, 0.2) is 34.9 Å². The maximum absolute atomic E-state index is 12.2. The average Bonchev–Trinajstić information content (AvgIpc) is 3.03. The van der Waals surface area contributed by atoms with E-state index < -0.39 is 0 Å². The van der Waals surface area contributed by atoms with Crippen molar-refractivity contribution >= 4 is 5.91 Å². The molecule has 1 fully saturated rings. The van der Waals surface area contributed by atoms with E-state index in [0.717, 1.165) is 37.4 Å². The van der Waals surface area contributed by atoms with Crippen LogP contribution in [-0.2, 0) is 17.8 Å². The summed E-state index contributed by atoms with van der Waals surface area (Å²) in [4.78, 5) is 14.4. The first kappa shape index (κ1) is 15.7. The summed E-state index contributed by atoms with van der Waals surface area (Å²) in [6.07, 6.45) is 0. The molecule has 0 aliphatic carbocycles. The molecule has 1 N–H and O–H groups in total. The number of amides is 1. The van der Waals surface area contributed by atoms with E-state index in [1.165, 1.54) is 0 Å². The second-order valence-corrected chi connectivity index (χ2v) is 5.68. The summed E-state index contributed by atoms with van der Waals surface area (Å²) in [7, 11) is 0. The van der Waals surface area contributed by atoms with E-state index in [1.54, 1.807) is 6.07 Å². The Bertz CT molecular complexity index is 663. The third-order valence-electron chi connectivity index (χ3n) is 3.98. The van der Waals surface area contributed by atoms with Gasteiger partial charge in [0.25, 0.3) is 5.91 Å². The van der Waals surface area contributed by atoms with Gasteiger partial charge < -0.3 is 14.6 Å². The van der Waals surface area contributed by atoms with Crippen molar-refractivity contribution in [3.05, 3.63) is 52.9 Å². The van der Waals surface area contributed by atoms with Crippen LogP contribution in [-0.4, -0.2) is 42.3 Å². The fourth-order valence-electron chi connectivity index (χ4n) is 2.55. The van der Waals surface area contributed by atoms with Crippen LogP contribution in [0.2, 0.25) is 0 Å². The predicted octanol–water partition coefficient (Wildman–Crippen LogP) is 1.75. The number of morpholine rings is 1. The quantitative estimate of drug-likeness (QED) is 0.910. The van der Waals surface area contributed by atoms with Gasteiger partial charge in [-0.3, -0.25) is 9.69 Å². The van der Waals surface area contributed by atoms with Crippen LogP contribution >= 0.6 is 0 Å². The summed E-state index contributed by atoms with van der Waals surface area (Å²) in [5, 5.41) is 6.75. The van der Waals surface area contributed by atoms with Gasteiger partial charge >= 0.3 is 0 Å². The molecule has 122 valence electrons. The summed E-state index contributed by atoms with van der Waals surface area (Å²) in [5.74, 6) is 0.484. The predicted molar refractivity (Wildman–Crippen MR) is 84.9 cm³/mol. The molecule has 3 rings (SSSR count). The summed E-state index contributed by atoms with van der Waals surface area (Å²) in [6.45, 7) is 6.37. The van der Waals surface area contributed by atoms with Crippen LogP contribution in [0.4, 0.5) is 0 Å². The Kier molecular flexibility index (Phi) is 5.05. The minimum atomic E-state index is -0.217. The number of hydrogen-bond acceptors (Lipinski definition) is 5. The van der Waals surface area contributed by atoms with Gasteiger partial charge in [-0.05, 0) is 18.1 Å². The van der Waals surface area contributed by atoms with Crippen LogP contribution in [0.25, 0.3) is 0 Å². The van der Waals surface area contributed by atoms with E-state index in [9.17, 15) is 4.79 Å². The molecule has 0 spiro atoms. The Hall–Kier alpha value is -2.18. The van der Waals surface area contributed by atoms with Crippen molar-refractivity contribution in [2.75, 3.05) is 26.3 Å². The molecule has 0 radical (unpaired) electrons. The highest BCUT2D eigenvalue weighted by atomic mass is 16.5. The number of aromatic nitrogens is 1. The molecular weight excluding hydrogens is 294 g/mol. The van der Waals surface area contributed by atoms with Gasteiger partial charge in [0.05, 0.1) is 19.8 Å². The van der Waals surface area contributed by atoms with Crippen molar-refractivity contribution in [2.24, 2.45) is 0 Å². The highest BCUT2D eigenvalue weighted by Gasteiger charge is 2.16. The molecule has 0 saturated carbocycles. The highest BCUT2D eigenvalue weighted by Crippen LogP contribution is 2.10. The maximum atomic E-state index is 12.2. The lowest BCUT2D eigenvalue weighted by atomic mass is 10.1. The molecule has 23 heavy (non-hydrogen) atoms. The molecule has 0 unspecified atom stereocenters. The molecule has 2 heterocycles. The van der Waals surface area contributed by atoms with Crippen LogP contribution in [0.5, 0.6) is 0 Å². The molecule has 6 heteroatoms. The fraction of sp³-hybridized carbons (Fsp3) is 0.412. The topological polar surface area (TPSA) is 67.6 Å². The minimum Gasteiger partial charge on any atom is -0.379 e. The number of ether oxygens (including phenoxy) is 1. The smallest absolute Gasteiger partial charge is 0.273 e. The Balaban J connectivity index is 1.54. The van der Waals surface area contributed by atoms with E-state index in [1.807, 2.05) is 31.2 Å². The number of carbonyl (C=O) groups excluding carboxylic acids is 1. The van der Waals surface area contributed by atoms with Crippen LogP contribution < -0.4 is 5.32 Å². The molecule has 1 saturated heterocycles. The number of aryl methyl sites for hydroxylation is 1. The summed E-state index contributed by atoms with van der Waals surface area (Å²) in [6, 6.07) is 9.68. The van der Waals surface area contributed by atoms with Crippen LogP contribution in [0.3, 0.4) is 0 Å². The number of nitrogens with zero attached hydrogens (tertiary/aromatic N) is 2. The van der Waals surface area contributed by atoms with E-state index >= 15 is 0 Å². The number of carbonyl (C=O) groups is 1. The van der Waals surface area contributed by atoms with Crippen LogP contribution in [0, 0.1) is 6.92 Å². The van der Waals surface area contributed by atoms with E-state index in [2.05, 4.69) is 15.4 Å². The van der Waals surface area contributed by atoms with Crippen LogP contribution in [0.1, 0.15) is 27.4 Å². The van der Waals surface area contributed by atoms with E-state index in [0.29, 0.717) is 24.5 Å². The second-order valence-electron chi connectivity index (χ2n) is 5.68. The zero-order valence-electron chi connectivity index (χ0n) is 13.2. The SMILES string of the molecule is Cc1ccccc1CNC(=O)c1cc(CN2CCOCC2)on1. The normalized spacial score (nSPS) is 15.5. The number of hydrogen-bond donors (Lipinski definition) is 1. The molecule has 6 nitrogen and oxygen atoms in total. The summed E-state index contributed by atoms with van der Waals surface area (Å²) >= 11 is 0. The van der Waals surface area contributed by atoms with E-state index in [4.69, 9.17) is 9.26 Å². The van der Waals surface area contributed by atoms with Gasteiger partial charge in [-0.1, -0.05) is 29.4 Å². The number of nitrogens with one attached hydrogen (secondary N) is 1. The molecular formula is C17H21N3O3. The van der Waals surface area contributed by atoms with Gasteiger partial charge in [-0.2, -0.15) is 0 Å². The lowest BCUT2D eigenvalue weighted by Gasteiger charge is -2.25. The van der Waals surface area contributed by atoms with Crippen molar-refractivity contribution in [1.29, 1.82) is 0 Å². The fourth-order valence-corrected chi connectivity index (χ4v) is 2.55. The van der Waals surface area contributed by atoms with Gasteiger partial charge in [0, 0.05) is 25.7 Å². The molecule has 0 atom stereocenters. The van der Waals surface area contributed by atoms with Crippen molar-refractivity contribution in [3.63, 3.8) is 0 Å². The minimum absolute atomic E-state index is 0.217. The Labute approximate surface area is 135 Å². The lowest BCUT2D eigenvalue weighted by Crippen LogP contribution is -2.35. The number of rotatable bonds is 5. The van der Waals surface area contributed by atoms with Gasteiger partial charge in [-0.25, -0.2) is 0 Å². The van der Waals surface area contributed by atoms with Gasteiger partial charge in [0.2, 0.25) is 0 Å². The zero-order valence-corrected chi connectivity index (χ0v) is 13.2. The molecule has 1 aliphatic heterocycles. The second kappa shape index (κ2) is 7.39. The first-order valence-electron chi connectivity index (χ1n) is 7.81. The van der Waals surface area contributed by atoms with Crippen molar-refractivity contribution in [3.8, 4) is 0 Å². The monoisotopic (exact) mass is 315 g/mol. The summed E-state index contributed by atoms with van der Waals surface area (Å²) < 4.78 is 10.6. The lowest BCUT2D eigenvalue weighted by molar-refractivity contribution is 0.0305. The van der Waals surface area contributed by atoms with Gasteiger partial charge in [0.15, 0.2) is 11.5 Å². The number of benzene rings is 1. The Morgan fingerprint density at radius 2 is 2.09 bits per heavy atom. The Morgan fingerprint density at radius 1 is 1.30 bits per heavy atom. The standard InChI is InChI=1S/C17H21N3O3/c1-13-4-2-3-5-14(13)11-18-17(21)16-10-15(23-19-16)12-20-6-8-22-9-7-20/h2-5,10H,6-9,11-12H2,1H3,(H,18,21). The largest absolute Gasteiger partial charge is 0.379 e. The highest BCUT2D eigenvalue weighted by molar-refractivity contribution is 5.92. The first-order chi connectivity index (χ1) is 11.2. The van der Waals surface area contributed by atoms with Crippen molar-refractivity contribution < 1.29 is 14.1 Å². The van der Waals surface area contributed by atoms with Crippen molar-refractivity contribution in [1.82, 2.24) is 15.4 Å². The Morgan fingerprint density at radius 3 is 2.87 bits per heavy atom. The van der Waals surface area contributed by atoms with E-state index in [-0.39, 0.29) is 5.91 Å². The molecule has 0 bridgehead atoms. The zero-order chi connectivity index (χ0) is 16.1. The average molecular weight is 315 g/mol. The van der Waals surface area contributed by atoms with Crippen molar-refractivity contribution in [2.45, 2.75) is 20.0 Å². The molecule has 1 aromatic carbocycles. The van der Waals surface area contributed by atoms with Gasteiger partial charge in [-0.15, -0.1) is 0 Å². The molecule has 1 aromatic heterocycles. The van der Waals surface area contributed by atoms with Gasteiger partial charge in [0.1, 0.15) is 0 Å². The molecule has 1 aliphatic rings. The summed E-state index contributed by atoms with van der Waals surface area (Å²) in [5.41, 5.74) is 2.57.